The summed E-state index contributed by atoms with van der Waals surface area (Å²) < 4.78 is 3.17. The number of halogens is 1. The zero-order valence-electron chi connectivity index (χ0n) is 16.2. The minimum Gasteiger partial charge on any atom is -0.354 e. The number of hydrogen-bond acceptors (Lipinski definition) is 4. The van der Waals surface area contributed by atoms with Crippen LogP contribution in [0.5, 0.6) is 0 Å². The lowest BCUT2D eigenvalue weighted by molar-refractivity contribution is -0.120. The van der Waals surface area contributed by atoms with Gasteiger partial charge in [-0.15, -0.1) is 0 Å². The molecule has 2 heterocycles. The predicted octanol–water partition coefficient (Wildman–Crippen LogP) is 2.65. The van der Waals surface area contributed by atoms with Gasteiger partial charge in [-0.05, 0) is 23.3 Å². The number of benzene rings is 2. The minimum absolute atomic E-state index is 0.0593. The van der Waals surface area contributed by atoms with Gasteiger partial charge in [0.1, 0.15) is 11.7 Å². The lowest BCUT2D eigenvalue weighted by Crippen LogP contribution is -2.29. The monoisotopic (exact) mass is 421 g/mol. The van der Waals surface area contributed by atoms with Crippen LogP contribution in [0, 0.1) is 0 Å². The first-order valence-corrected chi connectivity index (χ1v) is 9.94. The van der Waals surface area contributed by atoms with Crippen LogP contribution in [-0.2, 0) is 24.3 Å². The second-order valence-corrected chi connectivity index (χ2v) is 7.36. The zero-order valence-corrected chi connectivity index (χ0v) is 16.9. The third kappa shape index (κ3) is 4.58. The van der Waals surface area contributed by atoms with Gasteiger partial charge in [-0.25, -0.2) is 9.67 Å². The molecule has 0 aliphatic heterocycles. The number of fused-ring (bicyclic) bond motifs is 1. The van der Waals surface area contributed by atoms with Crippen LogP contribution in [0.2, 0.25) is 5.02 Å². The van der Waals surface area contributed by atoms with Gasteiger partial charge in [0.25, 0.3) is 5.56 Å². The Morgan fingerprint density at radius 3 is 2.57 bits per heavy atom. The summed E-state index contributed by atoms with van der Waals surface area (Å²) in [6.07, 6.45) is 3.37. The Balaban J connectivity index is 1.40. The summed E-state index contributed by atoms with van der Waals surface area (Å²) in [5.41, 5.74) is 2.26. The summed E-state index contributed by atoms with van der Waals surface area (Å²) in [4.78, 5) is 29.3. The lowest BCUT2D eigenvalue weighted by atomic mass is 10.1. The molecule has 0 aliphatic carbocycles. The molecule has 2 aromatic heterocycles. The van der Waals surface area contributed by atoms with Crippen molar-refractivity contribution in [3.63, 3.8) is 0 Å². The van der Waals surface area contributed by atoms with E-state index in [0.29, 0.717) is 42.1 Å². The maximum Gasteiger partial charge on any atom is 0.264 e. The average molecular weight is 422 g/mol. The molecule has 0 saturated carbocycles. The molecule has 8 heteroatoms. The third-order valence-electron chi connectivity index (χ3n) is 4.74. The Bertz CT molecular complexity index is 1220. The molecule has 0 spiro atoms. The molecular formula is C22H20ClN5O2. The quantitative estimate of drug-likeness (QED) is 0.497. The topological polar surface area (TPSA) is 81.8 Å². The summed E-state index contributed by atoms with van der Waals surface area (Å²) >= 11 is 5.91. The largest absolute Gasteiger partial charge is 0.354 e. The first-order valence-electron chi connectivity index (χ1n) is 9.56. The van der Waals surface area contributed by atoms with Crippen LogP contribution >= 0.6 is 11.6 Å². The molecule has 4 rings (SSSR count). The maximum absolute atomic E-state index is 12.8. The molecule has 1 N–H and O–H groups in total. The molecule has 0 atom stereocenters. The Hall–Kier alpha value is -3.45. The number of carbonyl (C=O) groups excluding carboxylic acids is 1. The van der Waals surface area contributed by atoms with Crippen molar-refractivity contribution < 1.29 is 4.79 Å². The van der Waals surface area contributed by atoms with E-state index in [0.717, 1.165) is 11.1 Å². The molecule has 0 saturated heterocycles. The summed E-state index contributed by atoms with van der Waals surface area (Å²) in [5.74, 6) is -0.0593. The molecule has 0 fully saturated rings. The fourth-order valence-electron chi connectivity index (χ4n) is 3.21. The number of carbonyl (C=O) groups is 1. The summed E-state index contributed by atoms with van der Waals surface area (Å²) in [7, 11) is 0. The second kappa shape index (κ2) is 8.92. The van der Waals surface area contributed by atoms with E-state index < -0.39 is 0 Å². The molecule has 2 aromatic carbocycles. The van der Waals surface area contributed by atoms with E-state index in [2.05, 4.69) is 15.4 Å². The number of amides is 1. The summed E-state index contributed by atoms with van der Waals surface area (Å²) in [6.45, 7) is 1.23. The first-order chi connectivity index (χ1) is 14.6. The Morgan fingerprint density at radius 1 is 1.03 bits per heavy atom. The van der Waals surface area contributed by atoms with Crippen molar-refractivity contribution in [2.24, 2.45) is 0 Å². The molecule has 7 nitrogen and oxygen atoms in total. The maximum atomic E-state index is 12.8. The molecule has 30 heavy (non-hydrogen) atoms. The van der Waals surface area contributed by atoms with E-state index in [1.165, 1.54) is 12.5 Å². The molecule has 0 radical (unpaired) electrons. The summed E-state index contributed by atoms with van der Waals surface area (Å²) in [5, 5.41) is 8.24. The van der Waals surface area contributed by atoms with E-state index >= 15 is 0 Å². The predicted molar refractivity (Wildman–Crippen MR) is 115 cm³/mol. The van der Waals surface area contributed by atoms with Gasteiger partial charge in [0.2, 0.25) is 5.91 Å². The fourth-order valence-corrected chi connectivity index (χ4v) is 3.33. The number of nitrogens with one attached hydrogen (secondary N) is 1. The van der Waals surface area contributed by atoms with Gasteiger partial charge in [-0.1, -0.05) is 54.1 Å². The van der Waals surface area contributed by atoms with E-state index in [4.69, 9.17) is 11.6 Å². The Labute approximate surface area is 177 Å². The normalized spacial score (nSPS) is 11.0. The highest BCUT2D eigenvalue weighted by Gasteiger charge is 2.11. The van der Waals surface area contributed by atoms with Crippen LogP contribution in [0.15, 0.2) is 71.9 Å². The standard InChI is InChI=1S/C22H20ClN5O2/c23-18-8-6-17(7-9-18)14-27-15-25-21-19(22(27)30)13-26-28(21)11-10-24-20(29)12-16-4-2-1-3-5-16/h1-9,13,15H,10-12,14H2,(H,24,29). The highest BCUT2D eigenvalue weighted by atomic mass is 35.5. The molecule has 1 amide bonds. The Kier molecular flexibility index (Phi) is 5.90. The van der Waals surface area contributed by atoms with Crippen molar-refractivity contribution in [2.75, 3.05) is 6.54 Å². The smallest absolute Gasteiger partial charge is 0.264 e. The van der Waals surface area contributed by atoms with Crippen molar-refractivity contribution >= 4 is 28.5 Å². The summed E-state index contributed by atoms with van der Waals surface area (Å²) in [6, 6.07) is 16.9. The van der Waals surface area contributed by atoms with Crippen LogP contribution in [0.1, 0.15) is 11.1 Å². The van der Waals surface area contributed by atoms with Crippen LogP contribution in [0.25, 0.3) is 11.0 Å². The first kappa shape index (κ1) is 19.8. The fraction of sp³-hybridized carbons (Fsp3) is 0.182. The van der Waals surface area contributed by atoms with Gasteiger partial charge in [0, 0.05) is 11.6 Å². The van der Waals surface area contributed by atoms with Crippen LogP contribution < -0.4 is 10.9 Å². The van der Waals surface area contributed by atoms with Gasteiger partial charge in [-0.2, -0.15) is 5.10 Å². The molecule has 152 valence electrons. The molecule has 0 bridgehead atoms. The van der Waals surface area contributed by atoms with E-state index in [1.807, 2.05) is 42.5 Å². The molecule has 0 unspecified atom stereocenters. The number of hydrogen-bond donors (Lipinski definition) is 1. The molecular weight excluding hydrogens is 402 g/mol. The van der Waals surface area contributed by atoms with Crippen molar-refractivity contribution in [2.45, 2.75) is 19.5 Å². The third-order valence-corrected chi connectivity index (χ3v) is 4.99. The SMILES string of the molecule is O=C(Cc1ccccc1)NCCn1ncc2c(=O)n(Cc3ccc(Cl)cc3)cnc21. The van der Waals surface area contributed by atoms with Crippen LogP contribution in [0.3, 0.4) is 0 Å². The lowest BCUT2D eigenvalue weighted by Gasteiger charge is -2.08. The molecule has 0 aliphatic rings. The average Bonchev–Trinajstić information content (AvgIpc) is 3.16. The minimum atomic E-state index is -0.158. The highest BCUT2D eigenvalue weighted by Crippen LogP contribution is 2.11. The van der Waals surface area contributed by atoms with E-state index in [9.17, 15) is 9.59 Å². The second-order valence-electron chi connectivity index (χ2n) is 6.92. The number of rotatable bonds is 7. The van der Waals surface area contributed by atoms with Gasteiger partial charge < -0.3 is 5.32 Å². The molecule has 4 aromatic rings. The van der Waals surface area contributed by atoms with Gasteiger partial charge >= 0.3 is 0 Å². The van der Waals surface area contributed by atoms with Gasteiger partial charge in [0.05, 0.1) is 25.7 Å². The van der Waals surface area contributed by atoms with Crippen molar-refractivity contribution in [1.29, 1.82) is 0 Å². The van der Waals surface area contributed by atoms with Gasteiger partial charge in [0.15, 0.2) is 5.65 Å². The highest BCUT2D eigenvalue weighted by molar-refractivity contribution is 6.30. The number of aromatic nitrogens is 4. The number of nitrogens with zero attached hydrogens (tertiary/aromatic N) is 4. The van der Waals surface area contributed by atoms with E-state index in [1.54, 1.807) is 21.4 Å². The van der Waals surface area contributed by atoms with Crippen molar-refractivity contribution in [3.05, 3.63) is 93.6 Å². The van der Waals surface area contributed by atoms with Crippen molar-refractivity contribution in [1.82, 2.24) is 24.6 Å². The van der Waals surface area contributed by atoms with Crippen LogP contribution in [0.4, 0.5) is 0 Å². The zero-order chi connectivity index (χ0) is 20.9. The Morgan fingerprint density at radius 2 is 1.80 bits per heavy atom. The van der Waals surface area contributed by atoms with Crippen molar-refractivity contribution in [3.8, 4) is 0 Å². The van der Waals surface area contributed by atoms with Crippen LogP contribution in [-0.4, -0.2) is 31.8 Å². The van der Waals surface area contributed by atoms with Gasteiger partial charge in [-0.3, -0.25) is 14.2 Å². The van der Waals surface area contributed by atoms with E-state index in [-0.39, 0.29) is 11.5 Å².